The predicted octanol–water partition coefficient (Wildman–Crippen LogP) is 5.52. The van der Waals surface area contributed by atoms with Gasteiger partial charge in [0.25, 0.3) is 0 Å². The average Bonchev–Trinajstić information content (AvgIpc) is 3.21. The van der Waals surface area contributed by atoms with E-state index in [0.29, 0.717) is 0 Å². The van der Waals surface area contributed by atoms with Gasteiger partial charge in [-0.1, -0.05) is 0 Å². The van der Waals surface area contributed by atoms with Crippen LogP contribution in [0.2, 0.25) is 0 Å². The topological polar surface area (TPSA) is 0 Å². The molecule has 0 unspecified atom stereocenters. The minimum absolute atomic E-state index is 0. The van der Waals surface area contributed by atoms with Gasteiger partial charge in [0.15, 0.2) is 0 Å². The van der Waals surface area contributed by atoms with Crippen molar-refractivity contribution in [2.24, 2.45) is 5.92 Å². The maximum atomic E-state index is 2.38. The summed E-state index contributed by atoms with van der Waals surface area (Å²) in [6.45, 7) is 0. The van der Waals surface area contributed by atoms with E-state index < -0.39 is 7.26 Å². The van der Waals surface area contributed by atoms with Crippen LogP contribution in [-0.4, -0.2) is 6.16 Å². The monoisotopic (exact) mass is 474 g/mol. The van der Waals surface area contributed by atoms with E-state index in [1.54, 1.807) is 15.9 Å². The van der Waals surface area contributed by atoms with E-state index in [1.807, 2.05) is 0 Å². The summed E-state index contributed by atoms with van der Waals surface area (Å²) in [4.78, 5) is 0. The van der Waals surface area contributed by atoms with Crippen LogP contribution in [-0.2, 0) is 0 Å². The minimum atomic E-state index is -1.99. The van der Waals surface area contributed by atoms with E-state index in [-0.39, 0.29) is 24.0 Å². The summed E-state index contributed by atoms with van der Waals surface area (Å²) < 4.78 is 0. The normalized spacial score (nSPS) is 15.4. The van der Waals surface area contributed by atoms with Gasteiger partial charge < -0.3 is 0 Å². The molecule has 0 atom stereocenters. The maximum absolute atomic E-state index is 2.38. The molecular weight excluding hydrogens is 446 g/mol. The van der Waals surface area contributed by atoms with Gasteiger partial charge in [0, 0.05) is 0 Å². The molecular formula is C24H28IP. The van der Waals surface area contributed by atoms with Crippen LogP contribution in [0.5, 0.6) is 0 Å². The molecule has 0 radical (unpaired) electrons. The molecule has 0 spiro atoms. The molecule has 0 nitrogen and oxygen atoms in total. The van der Waals surface area contributed by atoms with Crippen molar-refractivity contribution in [3.05, 3.63) is 91.0 Å². The second kappa shape index (κ2) is 9.15. The molecule has 3 aromatic carbocycles. The number of benzene rings is 3. The second-order valence-electron chi connectivity index (χ2n) is 7.36. The Morgan fingerprint density at radius 1 is 0.577 bits per heavy atom. The zero-order valence-corrected chi connectivity index (χ0v) is 18.5. The molecule has 1 fully saturated rings. The van der Waals surface area contributed by atoms with Crippen molar-refractivity contribution in [1.82, 2.24) is 0 Å². The van der Waals surface area contributed by atoms with Gasteiger partial charge in [-0.3, -0.25) is 0 Å². The summed E-state index contributed by atoms with van der Waals surface area (Å²) >= 11 is 0. The van der Waals surface area contributed by atoms with Crippen molar-refractivity contribution >= 4 is 47.2 Å². The number of hydrogen-bond acceptors (Lipinski definition) is 0. The number of hydrogen-bond donors (Lipinski definition) is 0. The van der Waals surface area contributed by atoms with Crippen LogP contribution in [0.15, 0.2) is 91.0 Å². The third kappa shape index (κ3) is 3.89. The van der Waals surface area contributed by atoms with Gasteiger partial charge in [0.2, 0.25) is 0 Å². The second-order valence-corrected chi connectivity index (χ2v) is 11.3. The van der Waals surface area contributed by atoms with Gasteiger partial charge in [-0.05, 0) is 0 Å². The molecule has 26 heavy (non-hydrogen) atoms. The van der Waals surface area contributed by atoms with Gasteiger partial charge in [-0.2, -0.15) is 0 Å². The van der Waals surface area contributed by atoms with Crippen LogP contribution in [0.1, 0.15) is 25.7 Å². The molecule has 3 aromatic rings. The van der Waals surface area contributed by atoms with E-state index in [9.17, 15) is 0 Å². The van der Waals surface area contributed by atoms with Crippen LogP contribution >= 0.6 is 31.2 Å². The van der Waals surface area contributed by atoms with Crippen LogP contribution in [0.3, 0.4) is 0 Å². The average molecular weight is 474 g/mol. The Hall–Kier alpha value is -1.18. The first-order valence-electron chi connectivity index (χ1n) is 9.56. The fourth-order valence-electron chi connectivity index (χ4n) is 4.67. The Balaban J connectivity index is 0.00000196. The first-order valence-corrected chi connectivity index (χ1v) is 11.8. The Morgan fingerprint density at radius 2 is 0.923 bits per heavy atom. The van der Waals surface area contributed by atoms with Gasteiger partial charge >= 0.3 is 152 Å². The zero-order valence-electron chi connectivity index (χ0n) is 15.2. The fraction of sp³-hybridized carbons (Fsp3) is 0.250. The molecule has 1 saturated carbocycles. The van der Waals surface area contributed by atoms with Gasteiger partial charge in [-0.25, -0.2) is 0 Å². The molecule has 136 valence electrons. The Morgan fingerprint density at radius 3 is 1.27 bits per heavy atom. The third-order valence-electron chi connectivity index (χ3n) is 5.87. The molecule has 0 bridgehead atoms. The molecule has 0 amide bonds. The van der Waals surface area contributed by atoms with E-state index >= 15 is 0 Å². The molecule has 0 heterocycles. The van der Waals surface area contributed by atoms with Crippen molar-refractivity contribution < 1.29 is 0 Å². The molecule has 4 rings (SSSR count). The van der Waals surface area contributed by atoms with Crippen molar-refractivity contribution in [3.8, 4) is 0 Å². The Labute approximate surface area is 175 Å². The Kier molecular flexibility index (Phi) is 6.89. The summed E-state index contributed by atoms with van der Waals surface area (Å²) in [7, 11) is -1.99. The Bertz CT molecular complexity index is 684. The predicted molar refractivity (Wildman–Crippen MR) is 129 cm³/mol. The summed E-state index contributed by atoms with van der Waals surface area (Å²) in [5.74, 6) is 0.868. The van der Waals surface area contributed by atoms with E-state index in [0.717, 1.165) is 5.92 Å². The molecule has 0 N–H and O–H groups in total. The first-order chi connectivity index (χ1) is 12.4. The molecule has 1 aliphatic carbocycles. The molecule has 0 saturated heterocycles. The van der Waals surface area contributed by atoms with Crippen LogP contribution in [0, 0.1) is 5.92 Å². The van der Waals surface area contributed by atoms with Gasteiger partial charge in [0.05, 0.1) is 0 Å². The molecule has 1 aliphatic rings. The quantitative estimate of drug-likeness (QED) is 0.338. The van der Waals surface area contributed by atoms with Gasteiger partial charge in [-0.15, -0.1) is 24.0 Å². The van der Waals surface area contributed by atoms with Crippen LogP contribution < -0.4 is 15.9 Å². The van der Waals surface area contributed by atoms with Crippen molar-refractivity contribution in [3.63, 3.8) is 0 Å². The van der Waals surface area contributed by atoms with Crippen LogP contribution in [0.4, 0.5) is 0 Å². The fourth-order valence-corrected chi connectivity index (χ4v) is 9.93. The summed E-state index contributed by atoms with van der Waals surface area (Å²) in [6.07, 6.45) is 6.97. The van der Waals surface area contributed by atoms with Crippen LogP contribution in [0.25, 0.3) is 0 Å². The number of halogens is 1. The summed E-state index contributed by atoms with van der Waals surface area (Å²) in [5, 5.41) is 4.66. The zero-order chi connectivity index (χ0) is 17.0. The third-order valence-corrected chi connectivity index (χ3v) is 11.0. The first kappa shape index (κ1) is 19.6. The van der Waals surface area contributed by atoms with Crippen molar-refractivity contribution in [2.75, 3.05) is 6.16 Å². The standard InChI is InChI=1S/C24H27P.HI/c1-4-14-22(15-5-1)25(20-21-12-10-11-13-21,23-16-6-2-7-17-23)24-18-8-3-9-19-24;/h1-9,14-19,21,25H,10-13,20H2;1H. The van der Waals surface area contributed by atoms with Crippen molar-refractivity contribution in [1.29, 1.82) is 0 Å². The van der Waals surface area contributed by atoms with E-state index in [1.165, 1.54) is 31.8 Å². The van der Waals surface area contributed by atoms with E-state index in [2.05, 4.69) is 91.0 Å². The molecule has 0 aliphatic heterocycles. The number of rotatable bonds is 5. The van der Waals surface area contributed by atoms with Crippen molar-refractivity contribution in [2.45, 2.75) is 25.7 Å². The van der Waals surface area contributed by atoms with E-state index in [4.69, 9.17) is 0 Å². The SMILES string of the molecule is I.c1ccc([PH](CC2CCCC2)(c2ccccc2)c2ccccc2)cc1. The molecule has 2 heteroatoms. The summed E-state index contributed by atoms with van der Waals surface area (Å²) in [6, 6.07) is 34.0. The summed E-state index contributed by atoms with van der Waals surface area (Å²) in [5.41, 5.74) is 0. The van der Waals surface area contributed by atoms with Gasteiger partial charge in [0.1, 0.15) is 0 Å². The molecule has 0 aromatic heterocycles.